The van der Waals surface area contributed by atoms with Gasteiger partial charge in [-0.15, -0.1) is 0 Å². The van der Waals surface area contributed by atoms with E-state index >= 15 is 0 Å². The molecule has 0 fully saturated rings. The summed E-state index contributed by atoms with van der Waals surface area (Å²) in [6.07, 6.45) is 3.63. The normalized spacial score (nSPS) is 10.2. The molecule has 66 valence electrons. The van der Waals surface area contributed by atoms with E-state index in [-0.39, 0.29) is 0 Å². The Morgan fingerprint density at radius 2 is 2.23 bits per heavy atom. The molecule has 1 aromatic carbocycles. The van der Waals surface area contributed by atoms with Crippen LogP contribution >= 0.6 is 15.9 Å². The molecule has 0 atom stereocenters. The van der Waals surface area contributed by atoms with Gasteiger partial charge in [-0.3, -0.25) is 0 Å². The lowest BCUT2D eigenvalue weighted by atomic mass is 10.3. The van der Waals surface area contributed by atoms with E-state index in [1.165, 1.54) is 0 Å². The van der Waals surface area contributed by atoms with E-state index < -0.39 is 0 Å². The fourth-order valence-electron chi connectivity index (χ4n) is 1.08. The summed E-state index contributed by atoms with van der Waals surface area (Å²) in [7, 11) is 0. The summed E-state index contributed by atoms with van der Waals surface area (Å²) in [5, 5.41) is 4.11. The van der Waals surface area contributed by atoms with E-state index in [0.717, 1.165) is 15.8 Å². The van der Waals surface area contributed by atoms with Gasteiger partial charge in [-0.2, -0.15) is 5.10 Å². The maximum Gasteiger partial charge on any atom is 0.0658 e. The zero-order valence-electron chi connectivity index (χ0n) is 6.81. The Morgan fingerprint density at radius 3 is 2.85 bits per heavy atom. The van der Waals surface area contributed by atoms with Gasteiger partial charge in [0.15, 0.2) is 0 Å². The van der Waals surface area contributed by atoms with E-state index in [4.69, 9.17) is 5.73 Å². The van der Waals surface area contributed by atoms with E-state index in [9.17, 15) is 0 Å². The molecule has 0 bridgehead atoms. The Kier molecular flexibility index (Phi) is 2.06. The Morgan fingerprint density at radius 1 is 1.38 bits per heavy atom. The summed E-state index contributed by atoms with van der Waals surface area (Å²) in [5.41, 5.74) is 7.39. The lowest BCUT2D eigenvalue weighted by Crippen LogP contribution is -1.95. The van der Waals surface area contributed by atoms with Crippen LogP contribution in [0, 0.1) is 0 Å². The molecule has 0 saturated carbocycles. The number of benzene rings is 1. The highest BCUT2D eigenvalue weighted by molar-refractivity contribution is 9.10. The molecule has 0 spiro atoms. The summed E-state index contributed by atoms with van der Waals surface area (Å²) in [5.74, 6) is 0. The highest BCUT2D eigenvalue weighted by atomic mass is 79.9. The first-order valence-electron chi connectivity index (χ1n) is 3.82. The predicted octanol–water partition coefficient (Wildman–Crippen LogP) is 2.22. The van der Waals surface area contributed by atoms with Crippen LogP contribution in [0.2, 0.25) is 0 Å². The van der Waals surface area contributed by atoms with E-state index in [0.29, 0.717) is 0 Å². The number of aromatic nitrogens is 2. The van der Waals surface area contributed by atoms with Crippen LogP contribution in [0.1, 0.15) is 0 Å². The summed E-state index contributed by atoms with van der Waals surface area (Å²) >= 11 is 3.37. The van der Waals surface area contributed by atoms with Crippen molar-refractivity contribution >= 4 is 21.6 Å². The van der Waals surface area contributed by atoms with Gasteiger partial charge in [-0.05, 0) is 40.2 Å². The third-order valence-electron chi connectivity index (χ3n) is 1.75. The molecule has 0 amide bonds. The van der Waals surface area contributed by atoms with Gasteiger partial charge in [0.2, 0.25) is 0 Å². The first-order valence-corrected chi connectivity index (χ1v) is 4.62. The van der Waals surface area contributed by atoms with E-state index in [2.05, 4.69) is 21.0 Å². The molecule has 0 aliphatic rings. The highest BCUT2D eigenvalue weighted by Crippen LogP contribution is 2.21. The maximum atomic E-state index is 5.67. The molecular weight excluding hydrogens is 230 g/mol. The van der Waals surface area contributed by atoms with E-state index in [1.807, 2.05) is 30.5 Å². The highest BCUT2D eigenvalue weighted by Gasteiger charge is 1.99. The predicted molar refractivity (Wildman–Crippen MR) is 55.7 cm³/mol. The van der Waals surface area contributed by atoms with Gasteiger partial charge in [0, 0.05) is 22.6 Å². The molecule has 0 saturated heterocycles. The molecule has 0 unspecified atom stereocenters. The summed E-state index contributed by atoms with van der Waals surface area (Å²) in [4.78, 5) is 0. The molecule has 0 aliphatic heterocycles. The molecular formula is C9H8BrN3. The van der Waals surface area contributed by atoms with Crippen molar-refractivity contribution in [3.63, 3.8) is 0 Å². The van der Waals surface area contributed by atoms with Crippen LogP contribution < -0.4 is 5.73 Å². The van der Waals surface area contributed by atoms with Crippen LogP contribution in [0.4, 0.5) is 5.69 Å². The second-order valence-corrected chi connectivity index (χ2v) is 3.51. The second-order valence-electron chi connectivity index (χ2n) is 2.66. The number of hydrogen-bond donors (Lipinski definition) is 1. The van der Waals surface area contributed by atoms with Gasteiger partial charge >= 0.3 is 0 Å². The largest absolute Gasteiger partial charge is 0.398 e. The second kappa shape index (κ2) is 3.22. The van der Waals surface area contributed by atoms with Crippen molar-refractivity contribution in [1.82, 2.24) is 9.78 Å². The standard InChI is InChI=1S/C9H8BrN3/c10-8-6-7(2-3-9(8)11)13-5-1-4-12-13/h1-6H,11H2. The van der Waals surface area contributed by atoms with Crippen LogP contribution in [0.15, 0.2) is 41.1 Å². The number of nitrogens with zero attached hydrogens (tertiary/aromatic N) is 2. The van der Waals surface area contributed by atoms with Gasteiger partial charge in [0.25, 0.3) is 0 Å². The minimum atomic E-state index is 0.732. The minimum absolute atomic E-state index is 0.732. The fraction of sp³-hybridized carbons (Fsp3) is 0. The number of anilines is 1. The number of rotatable bonds is 1. The lowest BCUT2D eigenvalue weighted by molar-refractivity contribution is 0.880. The van der Waals surface area contributed by atoms with Gasteiger partial charge in [-0.25, -0.2) is 4.68 Å². The minimum Gasteiger partial charge on any atom is -0.398 e. The molecule has 1 heterocycles. The Balaban J connectivity index is 2.49. The van der Waals surface area contributed by atoms with Crippen molar-refractivity contribution in [1.29, 1.82) is 0 Å². The molecule has 13 heavy (non-hydrogen) atoms. The SMILES string of the molecule is Nc1ccc(-n2cccn2)cc1Br. The first-order chi connectivity index (χ1) is 6.27. The van der Waals surface area contributed by atoms with Crippen LogP contribution in [0.25, 0.3) is 5.69 Å². The number of nitrogen functional groups attached to an aromatic ring is 1. The van der Waals surface area contributed by atoms with Crippen LogP contribution in [-0.4, -0.2) is 9.78 Å². The average Bonchev–Trinajstić information content (AvgIpc) is 2.62. The van der Waals surface area contributed by atoms with Crippen molar-refractivity contribution < 1.29 is 0 Å². The van der Waals surface area contributed by atoms with Gasteiger partial charge < -0.3 is 5.73 Å². The van der Waals surface area contributed by atoms with Crippen LogP contribution in [-0.2, 0) is 0 Å². The molecule has 1 aromatic heterocycles. The zero-order chi connectivity index (χ0) is 9.26. The Hall–Kier alpha value is -1.29. The van der Waals surface area contributed by atoms with Crippen LogP contribution in [0.5, 0.6) is 0 Å². The number of halogens is 1. The topological polar surface area (TPSA) is 43.8 Å². The monoisotopic (exact) mass is 237 g/mol. The molecule has 2 rings (SSSR count). The van der Waals surface area contributed by atoms with Gasteiger partial charge in [-0.1, -0.05) is 0 Å². The van der Waals surface area contributed by atoms with Crippen molar-refractivity contribution in [2.45, 2.75) is 0 Å². The molecule has 0 aliphatic carbocycles. The van der Waals surface area contributed by atoms with Crippen molar-refractivity contribution in [3.8, 4) is 5.69 Å². The average molecular weight is 238 g/mol. The Bertz CT molecular complexity index is 409. The third-order valence-corrected chi connectivity index (χ3v) is 2.44. The third kappa shape index (κ3) is 1.58. The lowest BCUT2D eigenvalue weighted by Gasteiger charge is -2.03. The zero-order valence-corrected chi connectivity index (χ0v) is 8.40. The Labute approximate surface area is 84.3 Å². The number of hydrogen-bond acceptors (Lipinski definition) is 2. The molecule has 2 N–H and O–H groups in total. The van der Waals surface area contributed by atoms with Gasteiger partial charge in [0.1, 0.15) is 0 Å². The summed E-state index contributed by atoms with van der Waals surface area (Å²) < 4.78 is 2.67. The molecule has 4 heteroatoms. The smallest absolute Gasteiger partial charge is 0.0658 e. The quantitative estimate of drug-likeness (QED) is 0.774. The van der Waals surface area contributed by atoms with Gasteiger partial charge in [0.05, 0.1) is 5.69 Å². The fourth-order valence-corrected chi connectivity index (χ4v) is 1.45. The van der Waals surface area contributed by atoms with E-state index in [1.54, 1.807) is 10.9 Å². The number of nitrogens with two attached hydrogens (primary N) is 1. The first kappa shape index (κ1) is 8.31. The van der Waals surface area contributed by atoms with Crippen molar-refractivity contribution in [2.24, 2.45) is 0 Å². The van der Waals surface area contributed by atoms with Crippen molar-refractivity contribution in [2.75, 3.05) is 5.73 Å². The van der Waals surface area contributed by atoms with Crippen LogP contribution in [0.3, 0.4) is 0 Å². The molecule has 2 aromatic rings. The summed E-state index contributed by atoms with van der Waals surface area (Å²) in [6.45, 7) is 0. The molecule has 3 nitrogen and oxygen atoms in total. The summed E-state index contributed by atoms with van der Waals surface area (Å²) in [6, 6.07) is 7.58. The van der Waals surface area contributed by atoms with Crippen molar-refractivity contribution in [3.05, 3.63) is 41.1 Å². The molecule has 0 radical (unpaired) electrons. The maximum absolute atomic E-state index is 5.67.